The van der Waals surface area contributed by atoms with Crippen LogP contribution in [0.3, 0.4) is 0 Å². The second kappa shape index (κ2) is 7.08. The summed E-state index contributed by atoms with van der Waals surface area (Å²) in [5, 5.41) is 12.7. The fraction of sp³-hybridized carbons (Fsp3) is 0.269. The van der Waals surface area contributed by atoms with Crippen molar-refractivity contribution in [3.05, 3.63) is 76.2 Å². The Bertz CT molecular complexity index is 1290. The molecule has 0 saturated heterocycles. The highest BCUT2D eigenvalue weighted by atomic mass is 32.1. The van der Waals surface area contributed by atoms with E-state index in [1.54, 1.807) is 11.3 Å². The first-order chi connectivity index (χ1) is 15.1. The summed E-state index contributed by atoms with van der Waals surface area (Å²) in [6.07, 6.45) is 0.688. The molecule has 0 saturated carbocycles. The number of nitrogens with one attached hydrogen (secondary N) is 2. The van der Waals surface area contributed by atoms with Gasteiger partial charge in [0.1, 0.15) is 11.2 Å². The van der Waals surface area contributed by atoms with Gasteiger partial charge in [-0.15, -0.1) is 11.3 Å². The highest BCUT2D eigenvalue weighted by molar-refractivity contribution is 7.16. The largest absolute Gasteiger partial charge is 0.353 e. The lowest BCUT2D eigenvalue weighted by Gasteiger charge is -2.31. The number of carbonyl (C=O) groups is 1. The number of fused-ring (bicyclic) bond motifs is 5. The van der Waals surface area contributed by atoms with E-state index < -0.39 is 0 Å². The fourth-order valence-corrected chi connectivity index (χ4v) is 6.38. The quantitative estimate of drug-likeness (QED) is 0.405. The zero-order chi connectivity index (χ0) is 21.1. The molecule has 156 valence electrons. The van der Waals surface area contributed by atoms with Gasteiger partial charge in [0, 0.05) is 29.6 Å². The third kappa shape index (κ3) is 2.95. The van der Waals surface area contributed by atoms with E-state index in [-0.39, 0.29) is 12.1 Å². The Morgan fingerprint density at radius 1 is 1.00 bits per heavy atom. The molecule has 1 atom stereocenters. The first-order valence-corrected chi connectivity index (χ1v) is 11.8. The van der Waals surface area contributed by atoms with Crippen molar-refractivity contribution in [2.75, 3.05) is 11.9 Å². The topological polar surface area (TPSA) is 44.4 Å². The van der Waals surface area contributed by atoms with Gasteiger partial charge in [-0.2, -0.15) is 0 Å². The SMILES string of the molecule is CC(C)N1CCc2c(sc3c2C(=O)N[C@H](c2c4ccccc4cc4ccccc24)N3)C1. The molecule has 2 aliphatic heterocycles. The number of carbonyl (C=O) groups excluding carboxylic acids is 1. The molecule has 5 heteroatoms. The number of hydrogen-bond acceptors (Lipinski definition) is 4. The molecule has 4 nitrogen and oxygen atoms in total. The summed E-state index contributed by atoms with van der Waals surface area (Å²) in [4.78, 5) is 17.1. The second-order valence-corrected chi connectivity index (χ2v) is 9.91. The standard InChI is InChI=1S/C26H25N3OS/c1-15(2)29-12-11-20-21(14-29)31-26-23(20)25(30)27-24(28-26)22-18-9-5-3-7-16(18)13-17-8-4-6-10-19(17)22/h3-10,13,15,24,28H,11-12,14H2,1-2H3,(H,27,30)/t24-/m0/s1. The summed E-state index contributed by atoms with van der Waals surface area (Å²) in [5.41, 5.74) is 3.25. The molecule has 0 aliphatic carbocycles. The Balaban J connectivity index is 1.48. The van der Waals surface area contributed by atoms with E-state index in [0.717, 1.165) is 35.6 Å². The Hall–Kier alpha value is -2.89. The Labute approximate surface area is 185 Å². The molecule has 0 bridgehead atoms. The molecule has 0 spiro atoms. The molecular formula is C26H25N3OS. The normalized spacial score (nSPS) is 18.7. The monoisotopic (exact) mass is 427 g/mol. The molecule has 2 N–H and O–H groups in total. The minimum atomic E-state index is -0.252. The number of thiophene rings is 1. The van der Waals surface area contributed by atoms with Crippen LogP contribution in [0, 0.1) is 0 Å². The molecule has 4 aromatic rings. The smallest absolute Gasteiger partial charge is 0.256 e. The van der Waals surface area contributed by atoms with Gasteiger partial charge in [0.25, 0.3) is 5.91 Å². The van der Waals surface area contributed by atoms with Crippen molar-refractivity contribution in [3.63, 3.8) is 0 Å². The van der Waals surface area contributed by atoms with Gasteiger partial charge in [0.15, 0.2) is 0 Å². The van der Waals surface area contributed by atoms with Gasteiger partial charge in [-0.3, -0.25) is 9.69 Å². The molecule has 2 aliphatic rings. The van der Waals surface area contributed by atoms with Gasteiger partial charge in [-0.1, -0.05) is 48.5 Å². The molecule has 3 heterocycles. The molecule has 1 aromatic heterocycles. The number of anilines is 1. The number of hydrogen-bond donors (Lipinski definition) is 2. The fourth-order valence-electron chi connectivity index (χ4n) is 5.08. The van der Waals surface area contributed by atoms with Crippen LogP contribution in [0.15, 0.2) is 54.6 Å². The van der Waals surface area contributed by atoms with Crippen LogP contribution in [0.1, 0.15) is 46.4 Å². The van der Waals surface area contributed by atoms with Crippen LogP contribution in [0.4, 0.5) is 5.00 Å². The predicted molar refractivity (Wildman–Crippen MR) is 129 cm³/mol. The van der Waals surface area contributed by atoms with Gasteiger partial charge >= 0.3 is 0 Å². The highest BCUT2D eigenvalue weighted by Crippen LogP contribution is 2.43. The van der Waals surface area contributed by atoms with Crippen LogP contribution in [-0.4, -0.2) is 23.4 Å². The summed E-state index contributed by atoms with van der Waals surface area (Å²) in [6.45, 7) is 6.43. The summed E-state index contributed by atoms with van der Waals surface area (Å²) < 4.78 is 0. The van der Waals surface area contributed by atoms with Crippen molar-refractivity contribution in [2.45, 2.75) is 39.0 Å². The average molecular weight is 428 g/mol. The minimum absolute atomic E-state index is 0.0475. The predicted octanol–water partition coefficient (Wildman–Crippen LogP) is 5.68. The van der Waals surface area contributed by atoms with E-state index in [4.69, 9.17) is 0 Å². The molecule has 3 aromatic carbocycles. The van der Waals surface area contributed by atoms with Crippen molar-refractivity contribution in [2.24, 2.45) is 0 Å². The van der Waals surface area contributed by atoms with E-state index >= 15 is 0 Å². The summed E-state index contributed by atoms with van der Waals surface area (Å²) in [5.74, 6) is 0.0475. The van der Waals surface area contributed by atoms with E-state index in [1.165, 1.54) is 32.0 Å². The van der Waals surface area contributed by atoms with Crippen LogP contribution in [0.5, 0.6) is 0 Å². The lowest BCUT2D eigenvalue weighted by molar-refractivity contribution is 0.0935. The van der Waals surface area contributed by atoms with Gasteiger partial charge in [0.05, 0.1) is 5.56 Å². The zero-order valence-corrected chi connectivity index (χ0v) is 18.6. The maximum atomic E-state index is 13.3. The van der Waals surface area contributed by atoms with E-state index in [2.05, 4.69) is 84.0 Å². The number of rotatable bonds is 2. The molecule has 1 amide bonds. The lowest BCUT2D eigenvalue weighted by atomic mass is 9.93. The minimum Gasteiger partial charge on any atom is -0.353 e. The average Bonchev–Trinajstić information content (AvgIpc) is 3.15. The second-order valence-electron chi connectivity index (χ2n) is 8.81. The van der Waals surface area contributed by atoms with Crippen molar-refractivity contribution in [1.29, 1.82) is 0 Å². The van der Waals surface area contributed by atoms with Crippen LogP contribution in [-0.2, 0) is 13.0 Å². The Morgan fingerprint density at radius 3 is 2.35 bits per heavy atom. The van der Waals surface area contributed by atoms with Crippen LogP contribution >= 0.6 is 11.3 Å². The summed E-state index contributed by atoms with van der Waals surface area (Å²) in [7, 11) is 0. The van der Waals surface area contributed by atoms with Crippen molar-refractivity contribution < 1.29 is 4.79 Å². The highest BCUT2D eigenvalue weighted by Gasteiger charge is 2.34. The van der Waals surface area contributed by atoms with Crippen LogP contribution in [0.25, 0.3) is 21.5 Å². The summed E-state index contributed by atoms with van der Waals surface area (Å²) in [6, 6.07) is 19.6. The number of amides is 1. The molecule has 31 heavy (non-hydrogen) atoms. The van der Waals surface area contributed by atoms with Gasteiger partial charge in [-0.25, -0.2) is 0 Å². The molecule has 0 unspecified atom stereocenters. The molecule has 6 rings (SSSR count). The number of nitrogens with zero attached hydrogens (tertiary/aromatic N) is 1. The van der Waals surface area contributed by atoms with Gasteiger partial charge in [0.2, 0.25) is 0 Å². The maximum Gasteiger partial charge on any atom is 0.256 e. The zero-order valence-electron chi connectivity index (χ0n) is 17.7. The molecule has 0 radical (unpaired) electrons. The Morgan fingerprint density at radius 2 is 1.68 bits per heavy atom. The Kier molecular flexibility index (Phi) is 4.30. The number of benzene rings is 3. The maximum absolute atomic E-state index is 13.3. The third-order valence-corrected chi connectivity index (χ3v) is 7.84. The van der Waals surface area contributed by atoms with Crippen LogP contribution in [0.2, 0.25) is 0 Å². The molecular weight excluding hydrogens is 402 g/mol. The van der Waals surface area contributed by atoms with E-state index in [0.29, 0.717) is 6.04 Å². The summed E-state index contributed by atoms with van der Waals surface area (Å²) >= 11 is 1.76. The van der Waals surface area contributed by atoms with Crippen LogP contribution < -0.4 is 10.6 Å². The van der Waals surface area contributed by atoms with E-state index in [1.807, 2.05) is 0 Å². The molecule has 0 fully saturated rings. The van der Waals surface area contributed by atoms with Gasteiger partial charge < -0.3 is 10.6 Å². The van der Waals surface area contributed by atoms with E-state index in [9.17, 15) is 4.79 Å². The lowest BCUT2D eigenvalue weighted by Crippen LogP contribution is -2.39. The third-order valence-electron chi connectivity index (χ3n) is 6.70. The van der Waals surface area contributed by atoms with Crippen molar-refractivity contribution in [1.82, 2.24) is 10.2 Å². The first-order valence-electron chi connectivity index (χ1n) is 11.0. The van der Waals surface area contributed by atoms with Crippen molar-refractivity contribution >= 4 is 43.8 Å². The van der Waals surface area contributed by atoms with Crippen molar-refractivity contribution in [3.8, 4) is 0 Å². The first kappa shape index (κ1) is 18.8. The van der Waals surface area contributed by atoms with Gasteiger partial charge in [-0.05, 0) is 53.4 Å².